The van der Waals surface area contributed by atoms with Crippen LogP contribution in [0.1, 0.15) is 26.4 Å². The molecular formula is C14H13BrO2S. The van der Waals surface area contributed by atoms with Crippen LogP contribution in [0.3, 0.4) is 0 Å². The van der Waals surface area contributed by atoms with Gasteiger partial charge in [0, 0.05) is 10.0 Å². The summed E-state index contributed by atoms with van der Waals surface area (Å²) >= 11 is 4.85. The Balaban J connectivity index is 2.49. The molecular weight excluding hydrogens is 312 g/mol. The highest BCUT2D eigenvalue weighted by Crippen LogP contribution is 2.29. The first-order valence-corrected chi connectivity index (χ1v) is 7.14. The van der Waals surface area contributed by atoms with Crippen molar-refractivity contribution in [2.24, 2.45) is 0 Å². The first kappa shape index (κ1) is 13.3. The number of ketones is 1. The third-order valence-corrected chi connectivity index (χ3v) is 4.65. The van der Waals surface area contributed by atoms with Crippen molar-refractivity contribution in [1.82, 2.24) is 0 Å². The lowest BCUT2D eigenvalue weighted by Crippen LogP contribution is -2.04. The summed E-state index contributed by atoms with van der Waals surface area (Å²) < 4.78 is 6.11. The van der Waals surface area contributed by atoms with E-state index in [1.54, 1.807) is 7.11 Å². The lowest BCUT2D eigenvalue weighted by Gasteiger charge is -2.10. The van der Waals surface area contributed by atoms with Crippen LogP contribution in [0.25, 0.3) is 0 Å². The molecule has 0 bridgehead atoms. The molecule has 0 amide bonds. The fraction of sp³-hybridized carbons (Fsp3) is 0.214. The molecule has 1 aromatic heterocycles. The van der Waals surface area contributed by atoms with Gasteiger partial charge < -0.3 is 4.74 Å². The van der Waals surface area contributed by atoms with Crippen molar-refractivity contribution in [1.29, 1.82) is 0 Å². The molecule has 0 aliphatic heterocycles. The molecule has 0 aliphatic carbocycles. The van der Waals surface area contributed by atoms with Crippen molar-refractivity contribution in [2.75, 3.05) is 7.11 Å². The van der Waals surface area contributed by atoms with Crippen molar-refractivity contribution in [3.63, 3.8) is 0 Å². The van der Waals surface area contributed by atoms with E-state index < -0.39 is 0 Å². The number of carbonyl (C=O) groups excluding carboxylic acids is 1. The molecule has 0 spiro atoms. The molecule has 2 nitrogen and oxygen atoms in total. The summed E-state index contributed by atoms with van der Waals surface area (Å²) in [5.41, 5.74) is 2.64. The summed E-state index contributed by atoms with van der Waals surface area (Å²) in [7, 11) is 1.64. The Hall–Kier alpha value is -1.13. The Morgan fingerprint density at radius 2 is 2.00 bits per heavy atom. The van der Waals surface area contributed by atoms with Crippen LogP contribution in [0, 0.1) is 13.8 Å². The van der Waals surface area contributed by atoms with E-state index in [-0.39, 0.29) is 5.78 Å². The van der Waals surface area contributed by atoms with E-state index in [1.165, 1.54) is 11.3 Å². The molecule has 94 valence electrons. The van der Waals surface area contributed by atoms with Gasteiger partial charge >= 0.3 is 0 Å². The number of thiophene rings is 1. The first-order valence-electron chi connectivity index (χ1n) is 5.47. The van der Waals surface area contributed by atoms with E-state index in [0.717, 1.165) is 31.8 Å². The van der Waals surface area contributed by atoms with Gasteiger partial charge in [-0.25, -0.2) is 0 Å². The van der Waals surface area contributed by atoms with Gasteiger partial charge in [-0.1, -0.05) is 0 Å². The number of halogens is 1. The topological polar surface area (TPSA) is 26.3 Å². The molecule has 0 saturated carbocycles. The second-order valence-corrected chi connectivity index (χ2v) is 5.83. The Labute approximate surface area is 119 Å². The summed E-state index contributed by atoms with van der Waals surface area (Å²) in [4.78, 5) is 13.2. The molecule has 2 rings (SSSR count). The largest absolute Gasteiger partial charge is 0.496 e. The number of methoxy groups -OCH3 is 1. The highest BCUT2D eigenvalue weighted by molar-refractivity contribution is 9.10. The number of carbonyl (C=O) groups is 1. The van der Waals surface area contributed by atoms with Crippen LogP contribution in [0.15, 0.2) is 28.1 Å². The third-order valence-electron chi connectivity index (χ3n) is 2.81. The molecule has 0 N–H and O–H groups in total. The Morgan fingerprint density at radius 1 is 1.28 bits per heavy atom. The van der Waals surface area contributed by atoms with E-state index in [1.807, 2.05) is 37.4 Å². The second-order valence-electron chi connectivity index (χ2n) is 4.06. The molecule has 1 heterocycles. The summed E-state index contributed by atoms with van der Waals surface area (Å²) in [6, 6.07) is 5.69. The standard InChI is InChI=1S/C14H13BrO2S/c1-8-7-12(17-3)9(2)6-10(8)13(16)14-11(15)4-5-18-14/h4-7H,1-3H3. The van der Waals surface area contributed by atoms with Crippen LogP contribution in [0.4, 0.5) is 0 Å². The zero-order chi connectivity index (χ0) is 13.3. The van der Waals surface area contributed by atoms with E-state index in [4.69, 9.17) is 4.74 Å². The van der Waals surface area contributed by atoms with Gasteiger partial charge in [0.15, 0.2) is 0 Å². The van der Waals surface area contributed by atoms with Crippen molar-refractivity contribution < 1.29 is 9.53 Å². The van der Waals surface area contributed by atoms with Gasteiger partial charge in [0.25, 0.3) is 0 Å². The van der Waals surface area contributed by atoms with Crippen LogP contribution >= 0.6 is 27.3 Å². The molecule has 0 atom stereocenters. The maximum Gasteiger partial charge on any atom is 0.204 e. The van der Waals surface area contributed by atoms with Gasteiger partial charge in [-0.3, -0.25) is 4.79 Å². The van der Waals surface area contributed by atoms with Crippen molar-refractivity contribution in [3.05, 3.63) is 49.6 Å². The predicted molar refractivity (Wildman–Crippen MR) is 77.9 cm³/mol. The van der Waals surface area contributed by atoms with E-state index in [2.05, 4.69) is 15.9 Å². The van der Waals surface area contributed by atoms with Gasteiger partial charge in [-0.05, 0) is 64.5 Å². The maximum absolute atomic E-state index is 12.4. The maximum atomic E-state index is 12.4. The molecule has 18 heavy (non-hydrogen) atoms. The minimum atomic E-state index is 0.0557. The minimum absolute atomic E-state index is 0.0557. The Morgan fingerprint density at radius 3 is 2.56 bits per heavy atom. The highest BCUT2D eigenvalue weighted by atomic mass is 79.9. The van der Waals surface area contributed by atoms with Crippen molar-refractivity contribution in [2.45, 2.75) is 13.8 Å². The first-order chi connectivity index (χ1) is 8.54. The third kappa shape index (κ3) is 2.35. The van der Waals surface area contributed by atoms with Gasteiger partial charge in [-0.2, -0.15) is 0 Å². The van der Waals surface area contributed by atoms with Gasteiger partial charge in [0.05, 0.1) is 12.0 Å². The predicted octanol–water partition coefficient (Wildman–Crippen LogP) is 4.37. The fourth-order valence-electron chi connectivity index (χ4n) is 1.83. The highest BCUT2D eigenvalue weighted by Gasteiger charge is 2.17. The molecule has 4 heteroatoms. The number of hydrogen-bond acceptors (Lipinski definition) is 3. The number of aryl methyl sites for hydroxylation is 2. The van der Waals surface area contributed by atoms with Gasteiger partial charge in [-0.15, -0.1) is 11.3 Å². The summed E-state index contributed by atoms with van der Waals surface area (Å²) in [5.74, 6) is 0.870. The quantitative estimate of drug-likeness (QED) is 0.784. The van der Waals surface area contributed by atoms with Crippen LogP contribution in [-0.2, 0) is 0 Å². The monoisotopic (exact) mass is 324 g/mol. The molecule has 1 aromatic carbocycles. The normalized spacial score (nSPS) is 10.4. The number of benzene rings is 1. The van der Waals surface area contributed by atoms with Gasteiger partial charge in [0.2, 0.25) is 5.78 Å². The van der Waals surface area contributed by atoms with Crippen LogP contribution in [-0.4, -0.2) is 12.9 Å². The fourth-order valence-corrected chi connectivity index (χ4v) is 3.34. The van der Waals surface area contributed by atoms with Gasteiger partial charge in [0.1, 0.15) is 5.75 Å². The average molecular weight is 325 g/mol. The molecule has 0 radical (unpaired) electrons. The van der Waals surface area contributed by atoms with Crippen LogP contribution in [0.2, 0.25) is 0 Å². The smallest absolute Gasteiger partial charge is 0.204 e. The lowest BCUT2D eigenvalue weighted by molar-refractivity contribution is 0.104. The zero-order valence-electron chi connectivity index (χ0n) is 10.4. The summed E-state index contributed by atoms with van der Waals surface area (Å²) in [6.45, 7) is 3.87. The van der Waals surface area contributed by atoms with E-state index in [9.17, 15) is 4.79 Å². The van der Waals surface area contributed by atoms with E-state index in [0.29, 0.717) is 0 Å². The van der Waals surface area contributed by atoms with Crippen molar-refractivity contribution in [3.8, 4) is 5.75 Å². The number of rotatable bonds is 3. The second kappa shape index (κ2) is 5.24. The summed E-state index contributed by atoms with van der Waals surface area (Å²) in [5, 5.41) is 1.91. The molecule has 0 fully saturated rings. The summed E-state index contributed by atoms with van der Waals surface area (Å²) in [6.07, 6.45) is 0. The minimum Gasteiger partial charge on any atom is -0.496 e. The Bertz CT molecular complexity index is 602. The zero-order valence-corrected chi connectivity index (χ0v) is 12.8. The SMILES string of the molecule is COc1cc(C)c(C(=O)c2sccc2Br)cc1C. The molecule has 0 saturated heterocycles. The number of ether oxygens (including phenoxy) is 1. The average Bonchev–Trinajstić information content (AvgIpc) is 2.77. The lowest BCUT2D eigenvalue weighted by atomic mass is 10.0. The molecule has 0 unspecified atom stereocenters. The van der Waals surface area contributed by atoms with E-state index >= 15 is 0 Å². The molecule has 0 aliphatic rings. The molecule has 2 aromatic rings. The van der Waals surface area contributed by atoms with Crippen molar-refractivity contribution >= 4 is 33.0 Å². The van der Waals surface area contributed by atoms with Crippen LogP contribution in [0.5, 0.6) is 5.75 Å². The number of hydrogen-bond donors (Lipinski definition) is 0. The Kier molecular flexibility index (Phi) is 3.88. The van der Waals surface area contributed by atoms with Crippen LogP contribution < -0.4 is 4.74 Å².